The van der Waals surface area contributed by atoms with Crippen LogP contribution in [0.1, 0.15) is 45.4 Å². The zero-order valence-electron chi connectivity index (χ0n) is 11.5. The van der Waals surface area contributed by atoms with Gasteiger partial charge in [-0.2, -0.15) is 0 Å². The summed E-state index contributed by atoms with van der Waals surface area (Å²) in [6, 6.07) is -0.402. The van der Waals surface area contributed by atoms with E-state index in [0.29, 0.717) is 19.4 Å². The number of aliphatic hydroxyl groups is 1. The van der Waals surface area contributed by atoms with Crippen LogP contribution in [0.25, 0.3) is 0 Å². The molecule has 19 heavy (non-hydrogen) atoms. The van der Waals surface area contributed by atoms with Gasteiger partial charge >= 0.3 is 12.0 Å². The number of likely N-dealkylation sites (N-methyl/N-ethyl adjacent to an activating group) is 1. The number of rotatable bonds is 5. The fourth-order valence-electron chi connectivity index (χ4n) is 2.53. The molecule has 0 aromatic rings. The summed E-state index contributed by atoms with van der Waals surface area (Å²) in [7, 11) is 0. The van der Waals surface area contributed by atoms with Crippen molar-refractivity contribution in [2.24, 2.45) is 0 Å². The molecule has 0 spiro atoms. The third-order valence-corrected chi connectivity index (χ3v) is 3.75. The second kappa shape index (κ2) is 7.33. The lowest BCUT2D eigenvalue weighted by atomic mass is 9.90. The zero-order valence-corrected chi connectivity index (χ0v) is 11.5. The minimum Gasteiger partial charge on any atom is -0.480 e. The average molecular weight is 272 g/mol. The van der Waals surface area contributed by atoms with Gasteiger partial charge in [0.25, 0.3) is 0 Å². The maximum Gasteiger partial charge on any atom is 0.329 e. The van der Waals surface area contributed by atoms with Gasteiger partial charge in [0, 0.05) is 13.1 Å². The summed E-state index contributed by atoms with van der Waals surface area (Å²) in [6.07, 6.45) is 4.62. The molecule has 1 saturated carbocycles. The van der Waals surface area contributed by atoms with Gasteiger partial charge < -0.3 is 20.4 Å². The van der Waals surface area contributed by atoms with Crippen molar-refractivity contribution in [1.29, 1.82) is 0 Å². The molecule has 3 N–H and O–H groups in total. The predicted molar refractivity (Wildman–Crippen MR) is 70.9 cm³/mol. The lowest BCUT2D eigenvalue weighted by molar-refractivity contribution is -0.145. The van der Waals surface area contributed by atoms with Crippen LogP contribution in [0.3, 0.4) is 0 Å². The Hall–Kier alpha value is -1.30. The second-order valence-corrected chi connectivity index (χ2v) is 5.03. The molecule has 6 nitrogen and oxygen atoms in total. The van der Waals surface area contributed by atoms with Crippen molar-refractivity contribution in [3.63, 3.8) is 0 Å². The summed E-state index contributed by atoms with van der Waals surface area (Å²) in [5.74, 6) is -0.956. The molecule has 0 aliphatic heterocycles. The number of amides is 2. The van der Waals surface area contributed by atoms with Crippen LogP contribution in [0.15, 0.2) is 0 Å². The lowest BCUT2D eigenvalue weighted by Gasteiger charge is -2.32. The van der Waals surface area contributed by atoms with Gasteiger partial charge in [0.1, 0.15) is 5.54 Å². The highest BCUT2D eigenvalue weighted by molar-refractivity contribution is 5.86. The molecule has 0 bridgehead atoms. The van der Waals surface area contributed by atoms with Crippen molar-refractivity contribution in [3.8, 4) is 0 Å². The Morgan fingerprint density at radius 3 is 2.21 bits per heavy atom. The fraction of sp³-hybridized carbons (Fsp3) is 0.846. The quantitative estimate of drug-likeness (QED) is 0.656. The van der Waals surface area contributed by atoms with Crippen LogP contribution in [0, 0.1) is 0 Å². The topological polar surface area (TPSA) is 89.9 Å². The third kappa shape index (κ3) is 4.09. The van der Waals surface area contributed by atoms with Gasteiger partial charge in [0.15, 0.2) is 0 Å². The summed E-state index contributed by atoms with van der Waals surface area (Å²) in [4.78, 5) is 25.1. The Bertz CT molecular complexity index is 312. The zero-order chi connectivity index (χ0) is 14.3. The Morgan fingerprint density at radius 2 is 1.79 bits per heavy atom. The molecule has 0 aromatic heterocycles. The van der Waals surface area contributed by atoms with Crippen LogP contribution in [0.5, 0.6) is 0 Å². The lowest BCUT2D eigenvalue weighted by Crippen LogP contribution is -2.58. The third-order valence-electron chi connectivity index (χ3n) is 3.75. The molecular weight excluding hydrogens is 248 g/mol. The monoisotopic (exact) mass is 272 g/mol. The van der Waals surface area contributed by atoms with Crippen molar-refractivity contribution in [3.05, 3.63) is 0 Å². The van der Waals surface area contributed by atoms with Gasteiger partial charge in [0.2, 0.25) is 0 Å². The van der Waals surface area contributed by atoms with E-state index in [9.17, 15) is 14.7 Å². The van der Waals surface area contributed by atoms with E-state index in [4.69, 9.17) is 5.11 Å². The largest absolute Gasteiger partial charge is 0.480 e. The Labute approximate surface area is 113 Å². The van der Waals surface area contributed by atoms with Crippen LogP contribution in [-0.4, -0.2) is 52.3 Å². The minimum atomic E-state index is -1.14. The van der Waals surface area contributed by atoms with Crippen LogP contribution >= 0.6 is 0 Å². The summed E-state index contributed by atoms with van der Waals surface area (Å²) in [6.45, 7) is 2.34. The SMILES string of the molecule is CCN(CCO)C(=O)NC1(C(=O)O)CCCCCC1. The van der Waals surface area contributed by atoms with E-state index in [-0.39, 0.29) is 13.2 Å². The maximum atomic E-state index is 12.1. The van der Waals surface area contributed by atoms with Gasteiger partial charge in [-0.25, -0.2) is 9.59 Å². The van der Waals surface area contributed by atoms with E-state index >= 15 is 0 Å². The van der Waals surface area contributed by atoms with Gasteiger partial charge in [-0.05, 0) is 19.8 Å². The van der Waals surface area contributed by atoms with Crippen molar-refractivity contribution < 1.29 is 19.8 Å². The van der Waals surface area contributed by atoms with Gasteiger partial charge in [-0.15, -0.1) is 0 Å². The smallest absolute Gasteiger partial charge is 0.329 e. The summed E-state index contributed by atoms with van der Waals surface area (Å²) >= 11 is 0. The molecule has 1 aliphatic rings. The summed E-state index contributed by atoms with van der Waals surface area (Å²) in [5.41, 5.74) is -1.14. The average Bonchev–Trinajstić information content (AvgIpc) is 2.62. The van der Waals surface area contributed by atoms with Gasteiger partial charge in [-0.1, -0.05) is 25.7 Å². The first-order valence-corrected chi connectivity index (χ1v) is 6.97. The molecule has 2 amide bonds. The molecule has 0 atom stereocenters. The molecule has 0 unspecified atom stereocenters. The molecule has 110 valence electrons. The molecule has 0 radical (unpaired) electrons. The normalized spacial score (nSPS) is 18.4. The Kier molecular flexibility index (Phi) is 6.08. The summed E-state index contributed by atoms with van der Waals surface area (Å²) < 4.78 is 0. The number of aliphatic carboxylic acids is 1. The van der Waals surface area contributed by atoms with Crippen molar-refractivity contribution in [2.75, 3.05) is 19.7 Å². The molecule has 1 rings (SSSR count). The number of carbonyl (C=O) groups excluding carboxylic acids is 1. The van der Waals surface area contributed by atoms with Crippen LogP contribution in [0.2, 0.25) is 0 Å². The highest BCUT2D eigenvalue weighted by Gasteiger charge is 2.40. The van der Waals surface area contributed by atoms with Crippen molar-refractivity contribution in [1.82, 2.24) is 10.2 Å². The van der Waals surface area contributed by atoms with Gasteiger partial charge in [-0.3, -0.25) is 0 Å². The van der Waals surface area contributed by atoms with Gasteiger partial charge in [0.05, 0.1) is 6.61 Å². The number of hydrogen-bond acceptors (Lipinski definition) is 3. The van der Waals surface area contributed by atoms with E-state index in [2.05, 4.69) is 5.32 Å². The molecular formula is C13H24N2O4. The number of carboxylic acids is 1. The first-order chi connectivity index (χ1) is 9.05. The van der Waals surface area contributed by atoms with Crippen molar-refractivity contribution >= 4 is 12.0 Å². The van der Waals surface area contributed by atoms with E-state index in [1.54, 1.807) is 6.92 Å². The maximum absolute atomic E-state index is 12.1. The van der Waals surface area contributed by atoms with Crippen LogP contribution in [0.4, 0.5) is 4.79 Å². The number of aliphatic hydroxyl groups excluding tert-OH is 1. The number of nitrogens with zero attached hydrogens (tertiary/aromatic N) is 1. The second-order valence-electron chi connectivity index (χ2n) is 5.03. The molecule has 0 heterocycles. The van der Waals surface area contributed by atoms with Crippen molar-refractivity contribution in [2.45, 2.75) is 51.0 Å². The first-order valence-electron chi connectivity index (χ1n) is 6.97. The Morgan fingerprint density at radius 1 is 1.21 bits per heavy atom. The number of urea groups is 1. The highest BCUT2D eigenvalue weighted by atomic mass is 16.4. The first kappa shape index (κ1) is 15.8. The minimum absolute atomic E-state index is 0.124. The number of nitrogens with one attached hydrogen (secondary N) is 1. The number of carboxylic acid groups (broad SMARTS) is 1. The van der Waals surface area contributed by atoms with E-state index in [1.807, 2.05) is 0 Å². The highest BCUT2D eigenvalue weighted by Crippen LogP contribution is 2.27. The standard InChI is InChI=1S/C13H24N2O4/c1-2-15(9-10-16)12(19)14-13(11(17)18)7-5-3-4-6-8-13/h16H,2-10H2,1H3,(H,14,19)(H,17,18). The predicted octanol–water partition coefficient (Wildman–Crippen LogP) is 1.19. The van der Waals surface area contributed by atoms with Crippen LogP contribution in [-0.2, 0) is 4.79 Å². The molecule has 0 aromatic carbocycles. The number of carbonyl (C=O) groups is 2. The Balaban J connectivity index is 2.77. The molecule has 1 aliphatic carbocycles. The molecule has 6 heteroatoms. The molecule has 0 saturated heterocycles. The van der Waals surface area contributed by atoms with Crippen LogP contribution < -0.4 is 5.32 Å². The number of hydrogen-bond donors (Lipinski definition) is 3. The van der Waals surface area contributed by atoms with E-state index < -0.39 is 17.5 Å². The summed E-state index contributed by atoms with van der Waals surface area (Å²) in [5, 5.41) is 21.1. The van der Waals surface area contributed by atoms with E-state index in [1.165, 1.54) is 4.90 Å². The molecule has 1 fully saturated rings. The fourth-order valence-corrected chi connectivity index (χ4v) is 2.53. The van der Waals surface area contributed by atoms with E-state index in [0.717, 1.165) is 25.7 Å².